The van der Waals surface area contributed by atoms with Gasteiger partial charge in [-0.25, -0.2) is 0 Å². The maximum absolute atomic E-state index is 5.71. The van der Waals surface area contributed by atoms with Gasteiger partial charge in [-0.15, -0.1) is 0 Å². The normalized spacial score (nSPS) is 20.0. The largest absolute Gasteiger partial charge is 0.493 e. The van der Waals surface area contributed by atoms with E-state index in [0.29, 0.717) is 12.1 Å². The molecule has 1 aliphatic rings. The van der Waals surface area contributed by atoms with Crippen molar-refractivity contribution in [1.82, 2.24) is 5.32 Å². The Morgan fingerprint density at radius 3 is 2.94 bits per heavy atom. The zero-order valence-electron chi connectivity index (χ0n) is 11.6. The minimum Gasteiger partial charge on any atom is -0.493 e. The second-order valence-electron chi connectivity index (χ2n) is 5.14. The molecule has 100 valence electrons. The summed E-state index contributed by atoms with van der Waals surface area (Å²) in [5.41, 5.74) is 1.33. The highest BCUT2D eigenvalue weighted by Crippen LogP contribution is 2.32. The van der Waals surface area contributed by atoms with E-state index in [1.54, 1.807) is 0 Å². The maximum Gasteiger partial charge on any atom is 0.124 e. The Kier molecular flexibility index (Phi) is 5.06. The summed E-state index contributed by atoms with van der Waals surface area (Å²) < 4.78 is 5.71. The molecule has 1 N–H and O–H groups in total. The van der Waals surface area contributed by atoms with Gasteiger partial charge in [0.1, 0.15) is 5.75 Å². The zero-order chi connectivity index (χ0) is 12.8. The number of nitrogens with one attached hydrogen (secondary N) is 1. The third-order valence-electron chi connectivity index (χ3n) is 3.79. The van der Waals surface area contributed by atoms with Crippen molar-refractivity contribution in [3.63, 3.8) is 0 Å². The minimum atomic E-state index is 0.469. The number of rotatable bonds is 6. The molecule has 2 rings (SSSR count). The quantitative estimate of drug-likeness (QED) is 0.818. The molecule has 0 bridgehead atoms. The average Bonchev–Trinajstić information content (AvgIpc) is 2.43. The number of para-hydroxylation sites is 1. The van der Waals surface area contributed by atoms with Crippen LogP contribution in [0.2, 0.25) is 0 Å². The molecule has 0 amide bonds. The number of hydrogen-bond acceptors (Lipinski definition) is 2. The second-order valence-corrected chi connectivity index (χ2v) is 5.14. The van der Waals surface area contributed by atoms with Crippen LogP contribution in [0.4, 0.5) is 0 Å². The fraction of sp³-hybridized carbons (Fsp3) is 0.625. The van der Waals surface area contributed by atoms with Crippen molar-refractivity contribution in [2.24, 2.45) is 0 Å². The smallest absolute Gasteiger partial charge is 0.124 e. The van der Waals surface area contributed by atoms with Crippen LogP contribution in [-0.2, 0) is 0 Å². The van der Waals surface area contributed by atoms with E-state index in [9.17, 15) is 0 Å². The highest BCUT2D eigenvalue weighted by Gasteiger charge is 2.22. The van der Waals surface area contributed by atoms with Crippen molar-refractivity contribution in [2.45, 2.75) is 58.0 Å². The molecular formula is C16H25NO. The molecule has 2 atom stereocenters. The Hall–Kier alpha value is -1.02. The molecule has 2 heteroatoms. The monoisotopic (exact) mass is 247 g/mol. The molecular weight excluding hydrogens is 222 g/mol. The molecule has 0 saturated carbocycles. The summed E-state index contributed by atoms with van der Waals surface area (Å²) in [6.07, 6.45) is 6.17. The van der Waals surface area contributed by atoms with E-state index < -0.39 is 0 Å². The van der Waals surface area contributed by atoms with Crippen LogP contribution in [0.1, 0.15) is 57.6 Å². The van der Waals surface area contributed by atoms with Gasteiger partial charge >= 0.3 is 0 Å². The SMILES string of the molecule is CCCCC(CC)NC1CCOc2ccccc21. The van der Waals surface area contributed by atoms with Crippen LogP contribution in [0.15, 0.2) is 24.3 Å². The first-order chi connectivity index (χ1) is 8.85. The average molecular weight is 247 g/mol. The molecule has 1 aromatic carbocycles. The van der Waals surface area contributed by atoms with E-state index in [4.69, 9.17) is 4.74 Å². The van der Waals surface area contributed by atoms with Gasteiger partial charge < -0.3 is 10.1 Å². The first-order valence-corrected chi connectivity index (χ1v) is 7.33. The molecule has 18 heavy (non-hydrogen) atoms. The second kappa shape index (κ2) is 6.79. The van der Waals surface area contributed by atoms with E-state index in [2.05, 4.69) is 43.4 Å². The van der Waals surface area contributed by atoms with Crippen LogP contribution in [0, 0.1) is 0 Å². The van der Waals surface area contributed by atoms with Crippen LogP contribution >= 0.6 is 0 Å². The number of unbranched alkanes of at least 4 members (excludes halogenated alkanes) is 1. The van der Waals surface area contributed by atoms with Crippen LogP contribution in [0.3, 0.4) is 0 Å². The van der Waals surface area contributed by atoms with Crippen molar-refractivity contribution in [2.75, 3.05) is 6.61 Å². The number of ether oxygens (including phenoxy) is 1. The lowest BCUT2D eigenvalue weighted by Gasteiger charge is -2.30. The predicted octanol–water partition coefficient (Wildman–Crippen LogP) is 4.07. The van der Waals surface area contributed by atoms with Gasteiger partial charge in [0.15, 0.2) is 0 Å². The van der Waals surface area contributed by atoms with E-state index in [1.165, 1.54) is 31.2 Å². The summed E-state index contributed by atoms with van der Waals surface area (Å²) in [4.78, 5) is 0. The van der Waals surface area contributed by atoms with E-state index >= 15 is 0 Å². The van der Waals surface area contributed by atoms with Crippen LogP contribution < -0.4 is 10.1 Å². The Morgan fingerprint density at radius 2 is 2.17 bits per heavy atom. The zero-order valence-corrected chi connectivity index (χ0v) is 11.6. The van der Waals surface area contributed by atoms with E-state index in [1.807, 2.05) is 0 Å². The predicted molar refractivity (Wildman–Crippen MR) is 76.0 cm³/mol. The highest BCUT2D eigenvalue weighted by molar-refractivity contribution is 5.37. The van der Waals surface area contributed by atoms with Gasteiger partial charge in [0.25, 0.3) is 0 Å². The summed E-state index contributed by atoms with van der Waals surface area (Å²) in [5, 5.41) is 3.82. The van der Waals surface area contributed by atoms with Gasteiger partial charge in [-0.05, 0) is 18.9 Å². The number of fused-ring (bicyclic) bond motifs is 1. The molecule has 1 aliphatic heterocycles. The topological polar surface area (TPSA) is 21.3 Å². The molecule has 0 saturated heterocycles. The van der Waals surface area contributed by atoms with Gasteiger partial charge in [0.2, 0.25) is 0 Å². The first kappa shape index (κ1) is 13.4. The third kappa shape index (κ3) is 3.26. The number of benzene rings is 1. The summed E-state index contributed by atoms with van der Waals surface area (Å²) in [6.45, 7) is 5.37. The molecule has 2 nitrogen and oxygen atoms in total. The molecule has 0 radical (unpaired) electrons. The lowest BCUT2D eigenvalue weighted by atomic mass is 9.98. The maximum atomic E-state index is 5.71. The summed E-state index contributed by atoms with van der Waals surface area (Å²) in [7, 11) is 0. The molecule has 2 unspecified atom stereocenters. The standard InChI is InChI=1S/C16H25NO/c1-3-5-8-13(4-2)17-15-11-12-18-16-10-7-6-9-14(15)16/h6-7,9-10,13,15,17H,3-5,8,11-12H2,1-2H3. The third-order valence-corrected chi connectivity index (χ3v) is 3.79. The Bertz CT molecular complexity index is 364. The Balaban J connectivity index is 2.01. The van der Waals surface area contributed by atoms with Crippen molar-refractivity contribution in [1.29, 1.82) is 0 Å². The summed E-state index contributed by atoms with van der Waals surface area (Å²) in [6, 6.07) is 9.54. The van der Waals surface area contributed by atoms with Gasteiger partial charge in [0, 0.05) is 24.1 Å². The van der Waals surface area contributed by atoms with Crippen LogP contribution in [-0.4, -0.2) is 12.6 Å². The lowest BCUT2D eigenvalue weighted by molar-refractivity contribution is 0.240. The Morgan fingerprint density at radius 1 is 1.33 bits per heavy atom. The summed E-state index contributed by atoms with van der Waals surface area (Å²) >= 11 is 0. The molecule has 0 fully saturated rings. The van der Waals surface area contributed by atoms with Crippen molar-refractivity contribution in [3.8, 4) is 5.75 Å². The van der Waals surface area contributed by atoms with Crippen LogP contribution in [0.5, 0.6) is 5.75 Å². The minimum absolute atomic E-state index is 0.469. The molecule has 1 heterocycles. The first-order valence-electron chi connectivity index (χ1n) is 7.33. The molecule has 1 aromatic rings. The van der Waals surface area contributed by atoms with Gasteiger partial charge in [-0.3, -0.25) is 0 Å². The van der Waals surface area contributed by atoms with E-state index in [-0.39, 0.29) is 0 Å². The summed E-state index contributed by atoms with van der Waals surface area (Å²) in [5.74, 6) is 1.06. The highest BCUT2D eigenvalue weighted by atomic mass is 16.5. The molecule has 0 aliphatic carbocycles. The van der Waals surface area contributed by atoms with Crippen molar-refractivity contribution >= 4 is 0 Å². The fourth-order valence-electron chi connectivity index (χ4n) is 2.66. The van der Waals surface area contributed by atoms with Crippen molar-refractivity contribution < 1.29 is 4.74 Å². The number of hydrogen-bond donors (Lipinski definition) is 1. The van der Waals surface area contributed by atoms with Crippen LogP contribution in [0.25, 0.3) is 0 Å². The Labute approximate surface area is 111 Å². The fourth-order valence-corrected chi connectivity index (χ4v) is 2.66. The van der Waals surface area contributed by atoms with Gasteiger partial charge in [0.05, 0.1) is 6.61 Å². The van der Waals surface area contributed by atoms with E-state index in [0.717, 1.165) is 18.8 Å². The van der Waals surface area contributed by atoms with Crippen molar-refractivity contribution in [3.05, 3.63) is 29.8 Å². The lowest BCUT2D eigenvalue weighted by Crippen LogP contribution is -2.35. The van der Waals surface area contributed by atoms with Gasteiger partial charge in [-0.1, -0.05) is 44.9 Å². The molecule has 0 aromatic heterocycles. The molecule has 0 spiro atoms. The van der Waals surface area contributed by atoms with Gasteiger partial charge in [-0.2, -0.15) is 0 Å².